The van der Waals surface area contributed by atoms with Gasteiger partial charge < -0.3 is 20.1 Å². The van der Waals surface area contributed by atoms with Gasteiger partial charge in [0.1, 0.15) is 18.5 Å². The largest absolute Gasteiger partial charge is 0.485 e. The lowest BCUT2D eigenvalue weighted by Gasteiger charge is -2.26. The summed E-state index contributed by atoms with van der Waals surface area (Å²) < 4.78 is 24.0. The Bertz CT molecular complexity index is 954. The van der Waals surface area contributed by atoms with E-state index < -0.39 is 30.0 Å². The van der Waals surface area contributed by atoms with Crippen molar-refractivity contribution in [2.75, 3.05) is 6.61 Å². The third kappa shape index (κ3) is 6.34. The van der Waals surface area contributed by atoms with E-state index in [1.807, 2.05) is 6.92 Å². The second kappa shape index (κ2) is 11.0. The Morgan fingerprint density at radius 2 is 1.78 bits per heavy atom. The molecule has 10 heteroatoms. The summed E-state index contributed by atoms with van der Waals surface area (Å²) in [4.78, 5) is 37.0. The van der Waals surface area contributed by atoms with Gasteiger partial charge in [0.15, 0.2) is 11.5 Å². The molecule has 0 aliphatic carbocycles. The van der Waals surface area contributed by atoms with Crippen molar-refractivity contribution in [1.82, 2.24) is 21.5 Å². The smallest absolute Gasteiger partial charge is 0.315 e. The van der Waals surface area contributed by atoms with Crippen LogP contribution in [0.2, 0.25) is 0 Å². The molecular formula is C22H25FN4O5. The van der Waals surface area contributed by atoms with Crippen LogP contribution in [0.3, 0.4) is 0 Å². The summed E-state index contributed by atoms with van der Waals surface area (Å²) in [6, 6.07) is 11.2. The Labute approximate surface area is 184 Å². The molecule has 0 radical (unpaired) electrons. The van der Waals surface area contributed by atoms with E-state index in [0.29, 0.717) is 29.9 Å². The number of urea groups is 1. The lowest BCUT2D eigenvalue weighted by Crippen LogP contribution is -2.56. The standard InChI is InChI=1S/C22H25FN4O5/c1-2-5-16(25-22(30)24-12-14-8-10-15(23)11-9-14)20(28)26-27-21(29)19-13-31-17-6-3-4-7-18(17)32-19/h3-4,6-11,16,19H,2,5,12-13H2,1H3,(H,26,28)(H,27,29)(H2,24,25,30)/t16-,19-/m1/s1. The second-order valence-corrected chi connectivity index (χ2v) is 7.14. The minimum atomic E-state index is -0.929. The van der Waals surface area contributed by atoms with Crippen LogP contribution in [-0.4, -0.2) is 36.6 Å². The van der Waals surface area contributed by atoms with Gasteiger partial charge in [-0.15, -0.1) is 0 Å². The zero-order valence-electron chi connectivity index (χ0n) is 17.5. The third-order valence-electron chi connectivity index (χ3n) is 4.68. The molecule has 3 rings (SSSR count). The molecule has 1 heterocycles. The maximum absolute atomic E-state index is 13.0. The van der Waals surface area contributed by atoms with Crippen LogP contribution in [0.15, 0.2) is 48.5 Å². The molecule has 0 unspecified atom stereocenters. The highest BCUT2D eigenvalue weighted by atomic mass is 19.1. The molecule has 4 amide bonds. The number of nitrogens with one attached hydrogen (secondary N) is 4. The number of hydrazine groups is 1. The molecule has 2 aromatic carbocycles. The van der Waals surface area contributed by atoms with Crippen molar-refractivity contribution in [3.63, 3.8) is 0 Å². The fourth-order valence-corrected chi connectivity index (χ4v) is 2.99. The van der Waals surface area contributed by atoms with E-state index in [1.54, 1.807) is 36.4 Å². The van der Waals surface area contributed by atoms with Crippen LogP contribution in [0.1, 0.15) is 25.3 Å². The van der Waals surface area contributed by atoms with Gasteiger partial charge in [0.25, 0.3) is 11.8 Å². The first kappa shape index (κ1) is 22.9. The number of hydrogen-bond donors (Lipinski definition) is 4. The van der Waals surface area contributed by atoms with Gasteiger partial charge in [-0.1, -0.05) is 37.6 Å². The fraction of sp³-hybridized carbons (Fsp3) is 0.318. The number of hydrogen-bond acceptors (Lipinski definition) is 5. The van der Waals surface area contributed by atoms with Gasteiger partial charge in [-0.25, -0.2) is 9.18 Å². The van der Waals surface area contributed by atoms with Crippen molar-refractivity contribution in [1.29, 1.82) is 0 Å². The summed E-state index contributed by atoms with van der Waals surface area (Å²) in [5.74, 6) is -0.541. The maximum atomic E-state index is 13.0. The molecule has 170 valence electrons. The molecule has 1 aliphatic heterocycles. The Balaban J connectivity index is 1.46. The summed E-state index contributed by atoms with van der Waals surface area (Å²) in [5, 5.41) is 5.18. The fourth-order valence-electron chi connectivity index (χ4n) is 2.99. The van der Waals surface area contributed by atoms with E-state index in [2.05, 4.69) is 21.5 Å². The first-order chi connectivity index (χ1) is 15.5. The Hall–Kier alpha value is -3.82. The Morgan fingerprint density at radius 3 is 2.50 bits per heavy atom. The number of ether oxygens (including phenoxy) is 2. The van der Waals surface area contributed by atoms with Crippen molar-refractivity contribution in [2.45, 2.75) is 38.5 Å². The normalized spacial score (nSPS) is 15.2. The van der Waals surface area contributed by atoms with E-state index in [4.69, 9.17) is 9.47 Å². The zero-order chi connectivity index (χ0) is 22.9. The van der Waals surface area contributed by atoms with Crippen LogP contribution in [0.4, 0.5) is 9.18 Å². The predicted molar refractivity (Wildman–Crippen MR) is 113 cm³/mol. The monoisotopic (exact) mass is 444 g/mol. The van der Waals surface area contributed by atoms with E-state index in [1.165, 1.54) is 12.1 Å². The number of carbonyl (C=O) groups excluding carboxylic acids is 3. The molecule has 0 saturated heterocycles. The summed E-state index contributed by atoms with van der Waals surface area (Å²) in [6.07, 6.45) is 0.0599. The van der Waals surface area contributed by atoms with Gasteiger partial charge >= 0.3 is 6.03 Å². The molecule has 1 aliphatic rings. The Kier molecular flexibility index (Phi) is 7.85. The van der Waals surface area contributed by atoms with Crippen LogP contribution in [0.25, 0.3) is 0 Å². The van der Waals surface area contributed by atoms with E-state index in [0.717, 1.165) is 0 Å². The third-order valence-corrected chi connectivity index (χ3v) is 4.68. The van der Waals surface area contributed by atoms with E-state index in [-0.39, 0.29) is 19.0 Å². The lowest BCUT2D eigenvalue weighted by atomic mass is 10.1. The molecule has 2 atom stereocenters. The first-order valence-corrected chi connectivity index (χ1v) is 10.2. The molecule has 0 aromatic heterocycles. The van der Waals surface area contributed by atoms with Crippen molar-refractivity contribution < 1.29 is 28.2 Å². The molecule has 0 bridgehead atoms. The lowest BCUT2D eigenvalue weighted by molar-refractivity contribution is -0.135. The molecule has 2 aromatic rings. The van der Waals surface area contributed by atoms with Crippen LogP contribution < -0.4 is 31.0 Å². The second-order valence-electron chi connectivity index (χ2n) is 7.14. The van der Waals surface area contributed by atoms with Crippen molar-refractivity contribution in [2.24, 2.45) is 0 Å². The number of carbonyl (C=O) groups is 3. The SMILES string of the molecule is CCC[C@@H](NC(=O)NCc1ccc(F)cc1)C(=O)NNC(=O)[C@H]1COc2ccccc2O1. The van der Waals surface area contributed by atoms with Crippen LogP contribution in [0, 0.1) is 5.82 Å². The summed E-state index contributed by atoms with van der Waals surface area (Å²) in [7, 11) is 0. The predicted octanol–water partition coefficient (Wildman–Crippen LogP) is 1.78. The summed E-state index contributed by atoms with van der Waals surface area (Å²) >= 11 is 0. The highest BCUT2D eigenvalue weighted by molar-refractivity contribution is 5.89. The average molecular weight is 444 g/mol. The summed E-state index contributed by atoms with van der Waals surface area (Å²) in [6.45, 7) is 2.03. The van der Waals surface area contributed by atoms with Crippen molar-refractivity contribution in [3.05, 3.63) is 59.9 Å². The molecule has 9 nitrogen and oxygen atoms in total. The number of halogens is 1. The number of para-hydroxylation sites is 2. The first-order valence-electron chi connectivity index (χ1n) is 10.2. The van der Waals surface area contributed by atoms with E-state index in [9.17, 15) is 18.8 Å². The van der Waals surface area contributed by atoms with Gasteiger partial charge in [-0.05, 0) is 36.2 Å². The van der Waals surface area contributed by atoms with Gasteiger partial charge in [-0.3, -0.25) is 20.4 Å². The van der Waals surface area contributed by atoms with Gasteiger partial charge in [-0.2, -0.15) is 0 Å². The Morgan fingerprint density at radius 1 is 1.06 bits per heavy atom. The minimum Gasteiger partial charge on any atom is -0.485 e. The van der Waals surface area contributed by atoms with Crippen LogP contribution in [-0.2, 0) is 16.1 Å². The molecule has 0 fully saturated rings. The van der Waals surface area contributed by atoms with E-state index >= 15 is 0 Å². The van der Waals surface area contributed by atoms with Crippen molar-refractivity contribution >= 4 is 17.8 Å². The number of benzene rings is 2. The maximum Gasteiger partial charge on any atom is 0.315 e. The van der Waals surface area contributed by atoms with Crippen molar-refractivity contribution in [3.8, 4) is 11.5 Å². The molecule has 0 spiro atoms. The minimum absolute atomic E-state index is 0.00114. The van der Waals surface area contributed by atoms with Crippen LogP contribution >= 0.6 is 0 Å². The average Bonchev–Trinajstić information content (AvgIpc) is 2.81. The van der Waals surface area contributed by atoms with Gasteiger partial charge in [0, 0.05) is 6.54 Å². The molecule has 0 saturated carbocycles. The van der Waals surface area contributed by atoms with Crippen LogP contribution in [0.5, 0.6) is 11.5 Å². The number of rotatable bonds is 7. The molecular weight excluding hydrogens is 419 g/mol. The number of amides is 4. The number of fused-ring (bicyclic) bond motifs is 1. The topological polar surface area (TPSA) is 118 Å². The molecule has 32 heavy (non-hydrogen) atoms. The summed E-state index contributed by atoms with van der Waals surface area (Å²) in [5.41, 5.74) is 5.33. The highest BCUT2D eigenvalue weighted by Crippen LogP contribution is 2.30. The molecule has 4 N–H and O–H groups in total. The quantitative estimate of drug-likeness (QED) is 0.486. The van der Waals surface area contributed by atoms with Gasteiger partial charge in [0.05, 0.1) is 0 Å². The highest BCUT2D eigenvalue weighted by Gasteiger charge is 2.28. The zero-order valence-corrected chi connectivity index (χ0v) is 17.5. The van der Waals surface area contributed by atoms with Gasteiger partial charge in [0.2, 0.25) is 6.10 Å².